The summed E-state index contributed by atoms with van der Waals surface area (Å²) in [6.07, 6.45) is -0.675. The Morgan fingerprint density at radius 1 is 1.26 bits per heavy atom. The molecular formula is C29H33F4N7O3. The van der Waals surface area contributed by atoms with Gasteiger partial charge in [-0.1, -0.05) is 11.2 Å². The van der Waals surface area contributed by atoms with Gasteiger partial charge in [-0.15, -0.1) is 0 Å². The van der Waals surface area contributed by atoms with Crippen molar-refractivity contribution < 1.29 is 31.6 Å². The predicted molar refractivity (Wildman–Crippen MR) is 150 cm³/mol. The quantitative estimate of drug-likeness (QED) is 0.285. The summed E-state index contributed by atoms with van der Waals surface area (Å²) < 4.78 is 69.7. The van der Waals surface area contributed by atoms with E-state index in [1.54, 1.807) is 36.5 Å². The Morgan fingerprint density at radius 2 is 2.09 bits per heavy atom. The van der Waals surface area contributed by atoms with Gasteiger partial charge in [-0.3, -0.25) is 4.79 Å². The van der Waals surface area contributed by atoms with Crippen LogP contribution in [0, 0.1) is 0 Å². The Labute approximate surface area is 245 Å². The van der Waals surface area contributed by atoms with Crippen LogP contribution < -0.4 is 10.6 Å². The molecule has 2 N–H and O–H groups in total. The van der Waals surface area contributed by atoms with Gasteiger partial charge in [0.05, 0.1) is 41.5 Å². The second kappa shape index (κ2) is 11.3. The highest BCUT2D eigenvalue weighted by Gasteiger charge is 2.33. The average molecular weight is 604 g/mol. The van der Waals surface area contributed by atoms with E-state index in [0.29, 0.717) is 48.3 Å². The van der Waals surface area contributed by atoms with E-state index in [0.717, 1.165) is 11.0 Å². The Hall–Kier alpha value is -3.91. The monoisotopic (exact) mass is 603 g/mol. The fourth-order valence-electron chi connectivity index (χ4n) is 5.78. The number of rotatable bonds is 8. The number of halogens is 4. The van der Waals surface area contributed by atoms with Crippen LogP contribution in [-0.4, -0.2) is 81.8 Å². The maximum Gasteiger partial charge on any atom is 0.406 e. The lowest BCUT2D eigenvalue weighted by molar-refractivity contribution is -0.139. The fraction of sp³-hybridized carbons (Fsp3) is 0.483. The summed E-state index contributed by atoms with van der Waals surface area (Å²) >= 11 is 0. The molecule has 2 aliphatic rings. The zero-order valence-electron chi connectivity index (χ0n) is 23.8. The molecule has 1 amide bonds. The van der Waals surface area contributed by atoms with Crippen LogP contribution in [0.1, 0.15) is 36.0 Å². The number of carbonyl (C=O) groups is 1. The molecule has 14 heteroatoms. The molecule has 0 saturated carbocycles. The Morgan fingerprint density at radius 3 is 2.84 bits per heavy atom. The molecule has 4 aromatic rings. The summed E-state index contributed by atoms with van der Waals surface area (Å²) in [5, 5.41) is 10.3. The molecule has 43 heavy (non-hydrogen) atoms. The summed E-state index contributed by atoms with van der Waals surface area (Å²) in [6, 6.07) is 7.71. The Kier molecular flexibility index (Phi) is 7.67. The first-order chi connectivity index (χ1) is 20.5. The van der Waals surface area contributed by atoms with Gasteiger partial charge in [0.1, 0.15) is 12.7 Å². The van der Waals surface area contributed by atoms with E-state index in [1.807, 2.05) is 22.7 Å². The van der Waals surface area contributed by atoms with E-state index < -0.39 is 24.9 Å². The maximum absolute atomic E-state index is 14.8. The van der Waals surface area contributed by atoms with E-state index in [2.05, 4.69) is 27.7 Å². The number of piperidine rings is 1. The molecule has 2 fully saturated rings. The summed E-state index contributed by atoms with van der Waals surface area (Å²) in [4.78, 5) is 19.0. The van der Waals surface area contributed by atoms with Crippen molar-refractivity contribution >= 4 is 22.5 Å². The van der Waals surface area contributed by atoms with Crippen LogP contribution in [0.5, 0.6) is 0 Å². The number of benzene rings is 1. The van der Waals surface area contributed by atoms with Crippen LogP contribution in [0.2, 0.25) is 0 Å². The standard InChI is InChI=1S/C29H33F4N7O3/c1-28(8-11-42-17-28)39-10-6-18(14-39)27(41)34-13-25-36-26(37-43-25)24-12-19-21(35-22-7-9-38(2)15-20(22)30)4-3-5-23(19)40(24)16-29(31,32)33/h3-6,10,12,14,20,22,35H,7-9,11,13,15-17H2,1-2H3,(H,34,41)/t20-,22+,28?/m0/s1. The van der Waals surface area contributed by atoms with Gasteiger partial charge in [0.15, 0.2) is 0 Å². The smallest absolute Gasteiger partial charge is 0.379 e. The summed E-state index contributed by atoms with van der Waals surface area (Å²) in [6.45, 7) is 2.86. The molecule has 0 radical (unpaired) electrons. The van der Waals surface area contributed by atoms with Gasteiger partial charge in [-0.05, 0) is 51.1 Å². The average Bonchev–Trinajstić information content (AvgIpc) is 3.76. The van der Waals surface area contributed by atoms with Crippen molar-refractivity contribution in [3.63, 3.8) is 0 Å². The molecule has 3 aromatic heterocycles. The minimum absolute atomic E-state index is 0.0349. The van der Waals surface area contributed by atoms with E-state index in [-0.39, 0.29) is 41.9 Å². The molecule has 230 valence electrons. The first kappa shape index (κ1) is 29.2. The first-order valence-corrected chi connectivity index (χ1v) is 14.1. The number of carbonyl (C=O) groups excluding carboxylic acids is 1. The van der Waals surface area contributed by atoms with Crippen LogP contribution in [0.3, 0.4) is 0 Å². The highest BCUT2D eigenvalue weighted by atomic mass is 19.4. The first-order valence-electron chi connectivity index (χ1n) is 14.1. The number of hydrogen-bond acceptors (Lipinski definition) is 7. The van der Waals surface area contributed by atoms with Crippen molar-refractivity contribution in [1.82, 2.24) is 29.5 Å². The largest absolute Gasteiger partial charge is 0.406 e. The number of hydrogen-bond donors (Lipinski definition) is 2. The number of nitrogens with one attached hydrogen (secondary N) is 2. The van der Waals surface area contributed by atoms with Crippen molar-refractivity contribution in [2.45, 2.75) is 56.8 Å². The van der Waals surface area contributed by atoms with E-state index >= 15 is 0 Å². The zero-order chi connectivity index (χ0) is 30.4. The molecule has 2 saturated heterocycles. The minimum Gasteiger partial charge on any atom is -0.379 e. The van der Waals surface area contributed by atoms with E-state index in [1.165, 1.54) is 0 Å². The zero-order valence-corrected chi connectivity index (χ0v) is 23.8. The molecule has 0 bridgehead atoms. The number of fused-ring (bicyclic) bond motifs is 1. The van der Waals surface area contributed by atoms with E-state index in [4.69, 9.17) is 9.26 Å². The number of anilines is 1. The molecule has 10 nitrogen and oxygen atoms in total. The highest BCUT2D eigenvalue weighted by Crippen LogP contribution is 2.35. The number of ether oxygens (including phenoxy) is 1. The van der Waals surface area contributed by atoms with Gasteiger partial charge >= 0.3 is 6.18 Å². The molecule has 2 aliphatic heterocycles. The molecule has 3 atom stereocenters. The highest BCUT2D eigenvalue weighted by molar-refractivity contribution is 5.96. The third kappa shape index (κ3) is 6.11. The molecule has 0 spiro atoms. The topological polar surface area (TPSA) is 102 Å². The number of alkyl halides is 4. The third-order valence-electron chi connectivity index (χ3n) is 8.24. The molecular weight excluding hydrogens is 570 g/mol. The molecule has 0 aliphatic carbocycles. The molecule has 5 heterocycles. The lowest BCUT2D eigenvalue weighted by Gasteiger charge is -2.33. The Bertz CT molecular complexity index is 1600. The summed E-state index contributed by atoms with van der Waals surface area (Å²) in [7, 11) is 1.85. The summed E-state index contributed by atoms with van der Waals surface area (Å²) in [5.41, 5.74) is 1.14. The van der Waals surface area contributed by atoms with Gasteiger partial charge in [-0.25, -0.2) is 4.39 Å². The minimum atomic E-state index is -4.53. The van der Waals surface area contributed by atoms with Crippen molar-refractivity contribution in [2.75, 3.05) is 38.7 Å². The Balaban J connectivity index is 1.22. The fourth-order valence-corrected chi connectivity index (χ4v) is 5.78. The summed E-state index contributed by atoms with van der Waals surface area (Å²) in [5.74, 6) is -0.380. The van der Waals surface area contributed by atoms with Gasteiger partial charge in [0, 0.05) is 43.2 Å². The van der Waals surface area contributed by atoms with Crippen molar-refractivity contribution in [3.8, 4) is 11.5 Å². The number of amides is 1. The van der Waals surface area contributed by atoms with Crippen LogP contribution in [0.4, 0.5) is 23.2 Å². The van der Waals surface area contributed by atoms with Gasteiger partial charge < -0.3 is 33.9 Å². The maximum atomic E-state index is 14.8. The van der Waals surface area contributed by atoms with Crippen molar-refractivity contribution in [3.05, 3.63) is 54.2 Å². The van der Waals surface area contributed by atoms with Crippen LogP contribution >= 0.6 is 0 Å². The van der Waals surface area contributed by atoms with Crippen LogP contribution in [0.15, 0.2) is 47.2 Å². The van der Waals surface area contributed by atoms with Crippen LogP contribution in [-0.2, 0) is 23.4 Å². The SMILES string of the molecule is CN1CC[C@@H](Nc2cccc3c2cc(-c2noc(CNC(=O)c4ccn(C5(C)CCOC5)c4)n2)n3CC(F)(F)F)[C@@H](F)C1. The van der Waals surface area contributed by atoms with Gasteiger partial charge in [0.2, 0.25) is 11.7 Å². The molecule has 6 rings (SSSR count). The molecule has 1 aromatic carbocycles. The van der Waals surface area contributed by atoms with Gasteiger partial charge in [0.25, 0.3) is 5.91 Å². The second-order valence-electron chi connectivity index (χ2n) is 11.6. The van der Waals surface area contributed by atoms with Crippen molar-refractivity contribution in [1.29, 1.82) is 0 Å². The number of likely N-dealkylation sites (tertiary alicyclic amines) is 1. The molecule has 1 unspecified atom stereocenters. The second-order valence-corrected chi connectivity index (χ2v) is 11.6. The van der Waals surface area contributed by atoms with Gasteiger partial charge in [-0.2, -0.15) is 18.2 Å². The number of aromatic nitrogens is 4. The van der Waals surface area contributed by atoms with Crippen LogP contribution in [0.25, 0.3) is 22.4 Å². The lowest BCUT2D eigenvalue weighted by atomic mass is 10.0. The number of nitrogens with zero attached hydrogens (tertiary/aromatic N) is 5. The lowest BCUT2D eigenvalue weighted by Crippen LogP contribution is -2.46. The third-order valence-corrected chi connectivity index (χ3v) is 8.24. The normalized spacial score (nSPS) is 23.2. The van der Waals surface area contributed by atoms with E-state index in [9.17, 15) is 22.4 Å². The predicted octanol–water partition coefficient (Wildman–Crippen LogP) is 4.57. The van der Waals surface area contributed by atoms with Crippen molar-refractivity contribution in [2.24, 2.45) is 0 Å².